The van der Waals surface area contributed by atoms with Crippen LogP contribution in [0.2, 0.25) is 0 Å². The Bertz CT molecular complexity index is 2300. The lowest BCUT2D eigenvalue weighted by Gasteiger charge is -2.15. The largest absolute Gasteiger partial charge is 0.504 e. The number of benzene rings is 1. The monoisotopic (exact) mass is 620 g/mol. The van der Waals surface area contributed by atoms with E-state index >= 15 is 0 Å². The molecule has 0 unspecified atom stereocenters. The molecule has 0 saturated carbocycles. The zero-order chi connectivity index (χ0) is 31.6. The lowest BCUT2D eigenvalue weighted by atomic mass is 9.96. The van der Waals surface area contributed by atoms with Crippen molar-refractivity contribution in [2.75, 3.05) is 0 Å². The highest BCUT2D eigenvalue weighted by Crippen LogP contribution is 2.39. The summed E-state index contributed by atoms with van der Waals surface area (Å²) in [5.74, 6) is 0. The second kappa shape index (κ2) is 10.2. The lowest BCUT2D eigenvalue weighted by Crippen LogP contribution is -2.23. The molecule has 44 heavy (non-hydrogen) atoms. The Balaban J connectivity index is 1.76. The summed E-state index contributed by atoms with van der Waals surface area (Å²) in [6.45, 7) is 1.77. The Labute approximate surface area is 247 Å². The minimum atomic E-state index is -4.87. The molecule has 0 aliphatic heterocycles. The molecule has 14 heteroatoms. The van der Waals surface area contributed by atoms with Gasteiger partial charge in [-0.05, 0) is 36.8 Å². The van der Waals surface area contributed by atoms with Gasteiger partial charge in [-0.25, -0.2) is 12.4 Å². The van der Waals surface area contributed by atoms with Gasteiger partial charge in [0.1, 0.15) is 5.52 Å². The smallest absolute Gasteiger partial charge is 0.318 e. The summed E-state index contributed by atoms with van der Waals surface area (Å²) < 4.78 is 72.1. The third-order valence-corrected chi connectivity index (χ3v) is 9.01. The van der Waals surface area contributed by atoms with Gasteiger partial charge in [0.15, 0.2) is 0 Å². The van der Waals surface area contributed by atoms with Crippen LogP contribution in [-0.4, -0.2) is 36.3 Å². The van der Waals surface area contributed by atoms with Crippen molar-refractivity contribution in [3.63, 3.8) is 0 Å². The molecule has 1 aromatic carbocycles. The van der Waals surface area contributed by atoms with Crippen LogP contribution in [0.15, 0.2) is 100 Å². The maximum Gasteiger partial charge on any atom is 0.504 e. The summed E-state index contributed by atoms with van der Waals surface area (Å²) >= 11 is 0. The molecule has 0 fully saturated rings. The summed E-state index contributed by atoms with van der Waals surface area (Å²) in [6, 6.07) is 12.0. The second-order valence-corrected chi connectivity index (χ2v) is 12.1. The van der Waals surface area contributed by atoms with Crippen LogP contribution in [0.5, 0.6) is 0 Å². The van der Waals surface area contributed by atoms with Crippen molar-refractivity contribution in [2.24, 2.45) is 14.1 Å². The van der Waals surface area contributed by atoms with E-state index in [1.165, 1.54) is 46.6 Å². The summed E-state index contributed by atoms with van der Waals surface area (Å²) in [7, 11) is -1.55. The van der Waals surface area contributed by atoms with Crippen molar-refractivity contribution in [3.05, 3.63) is 112 Å². The number of hydrogen-bond donors (Lipinski definition) is 0. The molecule has 0 aliphatic carbocycles. The molecule has 6 aromatic rings. The van der Waals surface area contributed by atoms with Gasteiger partial charge in [0.05, 0.1) is 16.8 Å². The normalized spacial score (nSPS) is 12.2. The molecule has 0 atom stereocenters. The van der Waals surface area contributed by atoms with Gasteiger partial charge in [0, 0.05) is 78.8 Å². The van der Waals surface area contributed by atoms with Gasteiger partial charge >= 0.3 is 6.30 Å². The molecule has 0 spiro atoms. The summed E-state index contributed by atoms with van der Waals surface area (Å²) in [4.78, 5) is 30.6. The van der Waals surface area contributed by atoms with E-state index in [9.17, 15) is 31.2 Å². The average molecular weight is 621 g/mol. The van der Waals surface area contributed by atoms with Gasteiger partial charge < -0.3 is 9.13 Å². The molecule has 224 valence electrons. The molecule has 0 radical (unpaired) electrons. The molecule has 0 bridgehead atoms. The topological polar surface area (TPSA) is 114 Å². The molecule has 5 heterocycles. The fourth-order valence-electron chi connectivity index (χ4n) is 5.07. The molecule has 6 rings (SSSR count). The number of aryl methyl sites for hydroxylation is 3. The zero-order valence-electron chi connectivity index (χ0n) is 23.4. The lowest BCUT2D eigenvalue weighted by molar-refractivity contribution is -0.212. The molecule has 0 aliphatic rings. The van der Waals surface area contributed by atoms with Gasteiger partial charge in [-0.2, -0.15) is 9.78 Å². The SMILES string of the molecule is Cc1ccc(S(=O)(=O)n2c(-c3cnn(C(F)(F)F)c3)cc3c(-c4cc(=O)n(C)cc4-c4cccnc4)cn(C)c(=O)c32)cc1. The Hall–Kier alpha value is -5.24. The summed E-state index contributed by atoms with van der Waals surface area (Å²) in [5, 5.41) is 3.49. The van der Waals surface area contributed by atoms with Crippen LogP contribution in [0, 0.1) is 6.92 Å². The first kappa shape index (κ1) is 28.9. The highest BCUT2D eigenvalue weighted by atomic mass is 32.2. The van der Waals surface area contributed by atoms with Crippen LogP contribution in [-0.2, 0) is 30.4 Å². The van der Waals surface area contributed by atoms with Crippen molar-refractivity contribution >= 4 is 20.9 Å². The number of fused-ring (bicyclic) bond motifs is 1. The zero-order valence-corrected chi connectivity index (χ0v) is 24.3. The van der Waals surface area contributed by atoms with Gasteiger partial charge in [-0.15, -0.1) is 13.2 Å². The van der Waals surface area contributed by atoms with Crippen LogP contribution in [0.1, 0.15) is 5.56 Å². The quantitative estimate of drug-likeness (QED) is 0.277. The average Bonchev–Trinajstić information content (AvgIpc) is 3.64. The molecule has 10 nitrogen and oxygen atoms in total. The highest BCUT2D eigenvalue weighted by molar-refractivity contribution is 7.90. The van der Waals surface area contributed by atoms with E-state index in [-0.39, 0.29) is 37.3 Å². The summed E-state index contributed by atoms with van der Waals surface area (Å²) in [5.41, 5.74) is 0.821. The van der Waals surface area contributed by atoms with E-state index in [0.29, 0.717) is 28.5 Å². The van der Waals surface area contributed by atoms with E-state index in [1.807, 2.05) is 0 Å². The number of halogens is 3. The second-order valence-electron chi connectivity index (χ2n) is 10.3. The standard InChI is InChI=1S/C30H23F3N6O4S/c1-18-6-8-21(9-7-18)44(42,43)39-26(20-14-35-38(15-20)30(31,32)33)11-23-25(17-37(3)29(41)28(23)39)22-12-27(40)36(2)16-24(22)19-5-4-10-34-13-19/h4-17H,1-3H3. The van der Waals surface area contributed by atoms with Gasteiger partial charge in [-0.3, -0.25) is 14.6 Å². The fourth-order valence-corrected chi connectivity index (χ4v) is 6.59. The van der Waals surface area contributed by atoms with E-state index in [2.05, 4.69) is 10.1 Å². The first-order chi connectivity index (χ1) is 20.8. The van der Waals surface area contributed by atoms with Crippen molar-refractivity contribution in [1.29, 1.82) is 0 Å². The van der Waals surface area contributed by atoms with Crippen molar-refractivity contribution in [2.45, 2.75) is 18.1 Å². The first-order valence-corrected chi connectivity index (χ1v) is 14.5. The number of pyridine rings is 3. The number of aromatic nitrogens is 6. The maximum atomic E-state index is 14.2. The minimum absolute atomic E-state index is 0.108. The third-order valence-electron chi connectivity index (χ3n) is 7.28. The third kappa shape index (κ3) is 4.72. The van der Waals surface area contributed by atoms with Crippen LogP contribution in [0.25, 0.3) is 44.4 Å². The van der Waals surface area contributed by atoms with Gasteiger partial charge in [0.25, 0.3) is 21.1 Å². The van der Waals surface area contributed by atoms with Crippen LogP contribution in [0.4, 0.5) is 13.2 Å². The van der Waals surface area contributed by atoms with E-state index in [4.69, 9.17) is 0 Å². The Morgan fingerprint density at radius 3 is 2.16 bits per heavy atom. The number of rotatable bonds is 5. The molecular weight excluding hydrogens is 597 g/mol. The maximum absolute atomic E-state index is 14.2. The van der Waals surface area contributed by atoms with E-state index in [0.717, 1.165) is 15.7 Å². The van der Waals surface area contributed by atoms with Gasteiger partial charge in [-0.1, -0.05) is 23.8 Å². The highest BCUT2D eigenvalue weighted by Gasteiger charge is 2.34. The van der Waals surface area contributed by atoms with Gasteiger partial charge in [0.2, 0.25) is 0 Å². The van der Waals surface area contributed by atoms with Crippen LogP contribution < -0.4 is 11.1 Å². The van der Waals surface area contributed by atoms with E-state index in [1.54, 1.807) is 56.8 Å². The number of nitrogens with zero attached hydrogens (tertiary/aromatic N) is 6. The molecule has 0 amide bonds. The number of alkyl halides is 3. The minimum Gasteiger partial charge on any atom is -0.318 e. The van der Waals surface area contributed by atoms with Crippen molar-refractivity contribution < 1.29 is 21.6 Å². The Kier molecular flexibility index (Phi) is 6.68. The van der Waals surface area contributed by atoms with Crippen LogP contribution in [0.3, 0.4) is 0 Å². The molecule has 0 N–H and O–H groups in total. The van der Waals surface area contributed by atoms with E-state index < -0.39 is 21.9 Å². The molecular formula is C30H23F3N6O4S. The summed E-state index contributed by atoms with van der Waals surface area (Å²) in [6.07, 6.45) is 2.90. The molecule has 0 saturated heterocycles. The fraction of sp³-hybridized carbons (Fsp3) is 0.133. The molecule has 5 aromatic heterocycles. The van der Waals surface area contributed by atoms with Crippen LogP contribution >= 0.6 is 0 Å². The Morgan fingerprint density at radius 2 is 1.52 bits per heavy atom. The number of hydrogen-bond acceptors (Lipinski definition) is 6. The van der Waals surface area contributed by atoms with Crippen molar-refractivity contribution in [3.8, 4) is 33.5 Å². The predicted molar refractivity (Wildman–Crippen MR) is 157 cm³/mol. The van der Waals surface area contributed by atoms with Crippen molar-refractivity contribution in [1.82, 2.24) is 27.9 Å². The Morgan fingerprint density at radius 1 is 0.818 bits per heavy atom. The predicted octanol–water partition coefficient (Wildman–Crippen LogP) is 4.65. The first-order valence-electron chi connectivity index (χ1n) is 13.1.